The van der Waals surface area contributed by atoms with Gasteiger partial charge in [0.1, 0.15) is 0 Å². The quantitative estimate of drug-likeness (QED) is 0.717. The molecule has 0 saturated carbocycles. The fourth-order valence-electron chi connectivity index (χ4n) is 1.19. The molecule has 1 rings (SSSR count). The number of benzene rings is 1. The molecule has 0 saturated heterocycles. The third-order valence-electron chi connectivity index (χ3n) is 2.19. The van der Waals surface area contributed by atoms with E-state index in [1.807, 2.05) is 19.1 Å². The smallest absolute Gasteiger partial charge is 0.183 e. The predicted octanol–water partition coefficient (Wildman–Crippen LogP) is 2.57. The van der Waals surface area contributed by atoms with Crippen LogP contribution in [0.1, 0.15) is 26.3 Å². The van der Waals surface area contributed by atoms with E-state index in [0.29, 0.717) is 4.90 Å². The van der Waals surface area contributed by atoms with E-state index in [4.69, 9.17) is 0 Å². The zero-order valence-corrected chi connectivity index (χ0v) is 9.85. The summed E-state index contributed by atoms with van der Waals surface area (Å²) in [6.07, 6.45) is 0. The van der Waals surface area contributed by atoms with E-state index in [0.717, 1.165) is 5.56 Å². The van der Waals surface area contributed by atoms with Crippen LogP contribution in [0.4, 0.5) is 0 Å². The second kappa shape index (κ2) is 3.39. The predicted molar refractivity (Wildman–Crippen MR) is 58.1 cm³/mol. The number of hydrogen-bond donors (Lipinski definition) is 0. The first-order valence-corrected chi connectivity index (χ1v) is 6.05. The lowest BCUT2D eigenvalue weighted by Gasteiger charge is -2.20. The van der Waals surface area contributed by atoms with Gasteiger partial charge in [-0.2, -0.15) is 0 Å². The summed E-state index contributed by atoms with van der Waals surface area (Å²) in [4.78, 5) is 0.438. The average molecular weight is 212 g/mol. The minimum absolute atomic E-state index is 0.438. The van der Waals surface area contributed by atoms with Crippen molar-refractivity contribution >= 4 is 9.84 Å². The molecule has 0 aliphatic carbocycles. The molecule has 0 radical (unpaired) electrons. The lowest BCUT2D eigenvalue weighted by Crippen LogP contribution is -2.28. The van der Waals surface area contributed by atoms with Crippen LogP contribution in [0, 0.1) is 6.92 Å². The number of sulfone groups is 1. The lowest BCUT2D eigenvalue weighted by molar-refractivity contribution is 0.559. The first-order valence-electron chi connectivity index (χ1n) is 4.57. The molecule has 0 amide bonds. The maximum Gasteiger partial charge on any atom is 0.183 e. The van der Waals surface area contributed by atoms with Crippen LogP contribution in [-0.4, -0.2) is 13.2 Å². The molecule has 0 aliphatic rings. The van der Waals surface area contributed by atoms with Crippen molar-refractivity contribution in [2.75, 3.05) is 0 Å². The monoisotopic (exact) mass is 212 g/mol. The van der Waals surface area contributed by atoms with Crippen molar-refractivity contribution in [3.8, 4) is 0 Å². The molecule has 0 bridgehead atoms. The van der Waals surface area contributed by atoms with E-state index in [1.54, 1.807) is 32.9 Å². The molecule has 1 aromatic carbocycles. The number of aryl methyl sites for hydroxylation is 1. The molecule has 3 heteroatoms. The number of rotatable bonds is 1. The third kappa shape index (κ3) is 1.82. The van der Waals surface area contributed by atoms with Crippen molar-refractivity contribution in [1.29, 1.82) is 0 Å². The molecule has 0 unspecified atom stereocenters. The van der Waals surface area contributed by atoms with Crippen molar-refractivity contribution in [2.24, 2.45) is 0 Å². The second-order valence-corrected chi connectivity index (χ2v) is 7.05. The van der Waals surface area contributed by atoms with Gasteiger partial charge in [0.15, 0.2) is 9.84 Å². The summed E-state index contributed by atoms with van der Waals surface area (Å²) in [5, 5.41) is 0. The van der Waals surface area contributed by atoms with E-state index < -0.39 is 14.6 Å². The lowest BCUT2D eigenvalue weighted by atomic mass is 10.2. The highest BCUT2D eigenvalue weighted by molar-refractivity contribution is 7.92. The van der Waals surface area contributed by atoms with Gasteiger partial charge in [-0.05, 0) is 39.3 Å². The van der Waals surface area contributed by atoms with Crippen LogP contribution in [0.2, 0.25) is 0 Å². The highest BCUT2D eigenvalue weighted by Crippen LogP contribution is 2.26. The molecule has 2 nitrogen and oxygen atoms in total. The van der Waals surface area contributed by atoms with Gasteiger partial charge in [-0.1, -0.05) is 18.2 Å². The van der Waals surface area contributed by atoms with Gasteiger partial charge in [0, 0.05) is 0 Å². The molecular weight excluding hydrogens is 196 g/mol. The van der Waals surface area contributed by atoms with E-state index in [2.05, 4.69) is 0 Å². The fraction of sp³-hybridized carbons (Fsp3) is 0.455. The maximum atomic E-state index is 12.1. The minimum atomic E-state index is -3.21. The van der Waals surface area contributed by atoms with Crippen LogP contribution in [0.3, 0.4) is 0 Å². The Morgan fingerprint density at radius 1 is 1.07 bits per heavy atom. The van der Waals surface area contributed by atoms with E-state index in [1.165, 1.54) is 0 Å². The summed E-state index contributed by atoms with van der Waals surface area (Å²) in [7, 11) is -3.21. The number of hydrogen-bond acceptors (Lipinski definition) is 2. The minimum Gasteiger partial charge on any atom is -0.223 e. The summed E-state index contributed by atoms with van der Waals surface area (Å²) in [5.41, 5.74) is 0.808. The third-order valence-corrected chi connectivity index (χ3v) is 4.84. The highest BCUT2D eigenvalue weighted by Gasteiger charge is 2.31. The SMILES string of the molecule is Cc1ccccc1S(=O)(=O)C(C)(C)C. The molecule has 0 fully saturated rings. The van der Waals surface area contributed by atoms with Gasteiger partial charge in [-0.3, -0.25) is 0 Å². The summed E-state index contributed by atoms with van der Waals surface area (Å²) in [6, 6.07) is 7.08. The van der Waals surface area contributed by atoms with Gasteiger partial charge in [0.05, 0.1) is 9.64 Å². The van der Waals surface area contributed by atoms with Crippen molar-refractivity contribution in [2.45, 2.75) is 37.3 Å². The molecule has 0 aromatic heterocycles. The summed E-state index contributed by atoms with van der Waals surface area (Å²) >= 11 is 0. The van der Waals surface area contributed by atoms with Crippen LogP contribution in [0.15, 0.2) is 29.2 Å². The molecule has 0 aliphatic heterocycles. The summed E-state index contributed by atoms with van der Waals surface area (Å²) in [6.45, 7) is 6.97. The second-order valence-electron chi connectivity index (χ2n) is 4.38. The van der Waals surface area contributed by atoms with Crippen molar-refractivity contribution in [3.63, 3.8) is 0 Å². The molecular formula is C11H16O2S. The Labute approximate surface area is 85.9 Å². The molecule has 1 aromatic rings. The van der Waals surface area contributed by atoms with Crippen LogP contribution in [-0.2, 0) is 9.84 Å². The highest BCUT2D eigenvalue weighted by atomic mass is 32.2. The van der Waals surface area contributed by atoms with Crippen molar-refractivity contribution in [3.05, 3.63) is 29.8 Å². The molecule has 14 heavy (non-hydrogen) atoms. The van der Waals surface area contributed by atoms with Crippen LogP contribution in [0.5, 0.6) is 0 Å². The maximum absolute atomic E-state index is 12.1. The van der Waals surface area contributed by atoms with Crippen LogP contribution < -0.4 is 0 Å². The first kappa shape index (κ1) is 11.2. The van der Waals surface area contributed by atoms with Gasteiger partial charge in [0.2, 0.25) is 0 Å². The van der Waals surface area contributed by atoms with Gasteiger partial charge < -0.3 is 0 Å². The molecule has 0 atom stereocenters. The van der Waals surface area contributed by atoms with Gasteiger partial charge in [-0.25, -0.2) is 8.42 Å². The summed E-state index contributed by atoms with van der Waals surface area (Å²) < 4.78 is 23.4. The van der Waals surface area contributed by atoms with E-state index in [9.17, 15) is 8.42 Å². The standard InChI is InChI=1S/C11H16O2S/c1-9-7-5-6-8-10(9)14(12,13)11(2,3)4/h5-8H,1-4H3. The van der Waals surface area contributed by atoms with Gasteiger partial charge in [0.25, 0.3) is 0 Å². The zero-order chi connectivity index (χ0) is 11.0. The average Bonchev–Trinajstić information content (AvgIpc) is 2.02. The van der Waals surface area contributed by atoms with Crippen LogP contribution in [0.25, 0.3) is 0 Å². The Balaban J connectivity index is 3.40. The molecule has 0 N–H and O–H groups in total. The van der Waals surface area contributed by atoms with Gasteiger partial charge in [-0.15, -0.1) is 0 Å². The molecule has 0 heterocycles. The first-order chi connectivity index (χ1) is 6.27. The van der Waals surface area contributed by atoms with Crippen LogP contribution >= 0.6 is 0 Å². The fourth-order valence-corrected chi connectivity index (χ4v) is 2.60. The summed E-state index contributed by atoms with van der Waals surface area (Å²) in [5.74, 6) is 0. The molecule has 78 valence electrons. The zero-order valence-electron chi connectivity index (χ0n) is 9.03. The topological polar surface area (TPSA) is 34.1 Å². The van der Waals surface area contributed by atoms with Crippen molar-refractivity contribution < 1.29 is 8.42 Å². The Morgan fingerprint density at radius 2 is 1.57 bits per heavy atom. The Kier molecular flexibility index (Phi) is 2.72. The normalized spacial score (nSPS) is 12.9. The van der Waals surface area contributed by atoms with E-state index in [-0.39, 0.29) is 0 Å². The van der Waals surface area contributed by atoms with Gasteiger partial charge >= 0.3 is 0 Å². The van der Waals surface area contributed by atoms with E-state index >= 15 is 0 Å². The van der Waals surface area contributed by atoms with Crippen molar-refractivity contribution in [1.82, 2.24) is 0 Å². The Bertz CT molecular complexity index is 425. The Morgan fingerprint density at radius 3 is 2.00 bits per heavy atom. The molecule has 0 spiro atoms. The Hall–Kier alpha value is -0.830. The largest absolute Gasteiger partial charge is 0.223 e.